The topological polar surface area (TPSA) is 71.1 Å². The SMILES string of the molecule is O=C1NC(=O)c2cc(NCc3cccc(Br)n3)ccc21. The van der Waals surface area contributed by atoms with E-state index >= 15 is 0 Å². The molecule has 2 aromatic rings. The van der Waals surface area contributed by atoms with Gasteiger partial charge in [-0.05, 0) is 46.3 Å². The molecule has 0 aliphatic carbocycles. The number of aromatic nitrogens is 1. The summed E-state index contributed by atoms with van der Waals surface area (Å²) in [6.45, 7) is 0.536. The van der Waals surface area contributed by atoms with Gasteiger partial charge in [0.1, 0.15) is 4.60 Å². The second-order valence-corrected chi connectivity index (χ2v) is 5.16. The first-order chi connectivity index (χ1) is 9.63. The lowest BCUT2D eigenvalue weighted by molar-refractivity contribution is 0.0879. The molecule has 5 nitrogen and oxygen atoms in total. The molecule has 0 fully saturated rings. The minimum atomic E-state index is -0.353. The van der Waals surface area contributed by atoms with E-state index in [2.05, 4.69) is 31.5 Å². The van der Waals surface area contributed by atoms with Gasteiger partial charge in [-0.1, -0.05) is 6.07 Å². The Hall–Kier alpha value is -2.21. The van der Waals surface area contributed by atoms with Gasteiger partial charge >= 0.3 is 0 Å². The molecular formula is C14H10BrN3O2. The quantitative estimate of drug-likeness (QED) is 0.669. The average molecular weight is 332 g/mol. The number of nitrogens with zero attached hydrogens (tertiary/aromatic N) is 1. The van der Waals surface area contributed by atoms with Crippen LogP contribution in [-0.2, 0) is 6.54 Å². The van der Waals surface area contributed by atoms with E-state index in [-0.39, 0.29) is 11.8 Å². The van der Waals surface area contributed by atoms with Crippen LogP contribution in [0.1, 0.15) is 26.4 Å². The zero-order valence-corrected chi connectivity index (χ0v) is 11.9. The van der Waals surface area contributed by atoms with Crippen LogP contribution in [0.25, 0.3) is 0 Å². The number of halogens is 1. The zero-order valence-electron chi connectivity index (χ0n) is 10.3. The van der Waals surface area contributed by atoms with Gasteiger partial charge in [0, 0.05) is 5.69 Å². The van der Waals surface area contributed by atoms with Crippen molar-refractivity contribution in [2.45, 2.75) is 6.54 Å². The molecule has 100 valence electrons. The Morgan fingerprint density at radius 2 is 1.90 bits per heavy atom. The molecule has 0 unspecified atom stereocenters. The van der Waals surface area contributed by atoms with Crippen molar-refractivity contribution in [2.75, 3.05) is 5.32 Å². The number of hydrogen-bond donors (Lipinski definition) is 2. The summed E-state index contributed by atoms with van der Waals surface area (Å²) in [5.41, 5.74) is 2.47. The van der Waals surface area contributed by atoms with E-state index in [0.29, 0.717) is 17.7 Å². The van der Waals surface area contributed by atoms with E-state index in [1.807, 2.05) is 18.2 Å². The van der Waals surface area contributed by atoms with Crippen molar-refractivity contribution in [3.8, 4) is 0 Å². The van der Waals surface area contributed by atoms with Crippen LogP contribution in [-0.4, -0.2) is 16.8 Å². The molecule has 6 heteroatoms. The lowest BCUT2D eigenvalue weighted by atomic mass is 10.1. The maximum absolute atomic E-state index is 11.6. The standard InChI is InChI=1S/C14H10BrN3O2/c15-12-3-1-2-9(17-12)7-16-8-4-5-10-11(6-8)14(20)18-13(10)19/h1-6,16H,7H2,(H,18,19,20). The van der Waals surface area contributed by atoms with Crippen molar-refractivity contribution < 1.29 is 9.59 Å². The molecule has 20 heavy (non-hydrogen) atoms. The van der Waals surface area contributed by atoms with E-state index in [0.717, 1.165) is 16.0 Å². The van der Waals surface area contributed by atoms with Crippen LogP contribution >= 0.6 is 15.9 Å². The number of pyridine rings is 1. The Morgan fingerprint density at radius 3 is 2.70 bits per heavy atom. The Morgan fingerprint density at radius 1 is 1.10 bits per heavy atom. The zero-order chi connectivity index (χ0) is 14.1. The van der Waals surface area contributed by atoms with Crippen LogP contribution in [0.15, 0.2) is 41.0 Å². The fourth-order valence-corrected chi connectivity index (χ4v) is 2.40. The highest BCUT2D eigenvalue weighted by atomic mass is 79.9. The van der Waals surface area contributed by atoms with Gasteiger partial charge in [0.2, 0.25) is 0 Å². The molecule has 1 aliphatic heterocycles. The van der Waals surface area contributed by atoms with Gasteiger partial charge in [-0.3, -0.25) is 14.9 Å². The number of anilines is 1. The molecule has 2 heterocycles. The Labute approximate surface area is 123 Å². The Kier molecular flexibility index (Phi) is 3.23. The van der Waals surface area contributed by atoms with Crippen molar-refractivity contribution in [3.63, 3.8) is 0 Å². The van der Waals surface area contributed by atoms with Crippen molar-refractivity contribution in [3.05, 3.63) is 57.8 Å². The van der Waals surface area contributed by atoms with Crippen LogP contribution in [0.4, 0.5) is 5.69 Å². The number of carbonyl (C=O) groups is 2. The second-order valence-electron chi connectivity index (χ2n) is 4.35. The number of nitrogens with one attached hydrogen (secondary N) is 2. The number of rotatable bonds is 3. The normalized spacial score (nSPS) is 13.1. The molecule has 0 atom stereocenters. The number of fused-ring (bicyclic) bond motifs is 1. The molecule has 0 saturated heterocycles. The van der Waals surface area contributed by atoms with E-state index in [1.54, 1.807) is 18.2 Å². The summed E-state index contributed by atoms with van der Waals surface area (Å²) >= 11 is 3.31. The first kappa shape index (κ1) is 12.8. The third-order valence-corrected chi connectivity index (χ3v) is 3.42. The second kappa shape index (κ2) is 5.05. The molecule has 0 bridgehead atoms. The van der Waals surface area contributed by atoms with Crippen LogP contribution in [0, 0.1) is 0 Å². The van der Waals surface area contributed by atoms with Gasteiger partial charge in [0.05, 0.1) is 23.4 Å². The van der Waals surface area contributed by atoms with E-state index in [9.17, 15) is 9.59 Å². The van der Waals surface area contributed by atoms with Crippen LogP contribution in [0.3, 0.4) is 0 Å². The molecule has 1 aromatic carbocycles. The van der Waals surface area contributed by atoms with Gasteiger partial charge in [-0.2, -0.15) is 0 Å². The lowest BCUT2D eigenvalue weighted by Crippen LogP contribution is -2.19. The van der Waals surface area contributed by atoms with Crippen molar-refractivity contribution in [1.82, 2.24) is 10.3 Å². The molecule has 1 aliphatic rings. The summed E-state index contributed by atoms with van der Waals surface area (Å²) < 4.78 is 0.774. The fraction of sp³-hybridized carbons (Fsp3) is 0.0714. The van der Waals surface area contributed by atoms with Crippen molar-refractivity contribution >= 4 is 33.4 Å². The van der Waals surface area contributed by atoms with Crippen LogP contribution in [0.2, 0.25) is 0 Å². The highest BCUT2D eigenvalue weighted by molar-refractivity contribution is 9.10. The first-order valence-electron chi connectivity index (χ1n) is 5.98. The van der Waals surface area contributed by atoms with E-state index in [4.69, 9.17) is 0 Å². The number of benzene rings is 1. The van der Waals surface area contributed by atoms with Crippen LogP contribution in [0.5, 0.6) is 0 Å². The van der Waals surface area contributed by atoms with Gasteiger partial charge < -0.3 is 5.32 Å². The van der Waals surface area contributed by atoms with Crippen molar-refractivity contribution in [2.24, 2.45) is 0 Å². The number of imide groups is 1. The van der Waals surface area contributed by atoms with Gasteiger partial charge in [0.15, 0.2) is 0 Å². The summed E-state index contributed by atoms with van der Waals surface area (Å²) in [7, 11) is 0. The maximum atomic E-state index is 11.6. The van der Waals surface area contributed by atoms with Crippen molar-refractivity contribution in [1.29, 1.82) is 0 Å². The smallest absolute Gasteiger partial charge is 0.259 e. The largest absolute Gasteiger partial charge is 0.379 e. The predicted octanol–water partition coefficient (Wildman–Crippen LogP) is 2.34. The third kappa shape index (κ3) is 2.42. The van der Waals surface area contributed by atoms with Gasteiger partial charge in [-0.25, -0.2) is 4.98 Å². The van der Waals surface area contributed by atoms with E-state index in [1.165, 1.54) is 0 Å². The molecular weight excluding hydrogens is 322 g/mol. The fourth-order valence-electron chi connectivity index (χ4n) is 2.02. The monoisotopic (exact) mass is 331 g/mol. The minimum Gasteiger partial charge on any atom is -0.379 e. The summed E-state index contributed by atoms with van der Waals surface area (Å²) in [6.07, 6.45) is 0. The maximum Gasteiger partial charge on any atom is 0.259 e. The van der Waals surface area contributed by atoms with E-state index < -0.39 is 0 Å². The molecule has 0 spiro atoms. The third-order valence-electron chi connectivity index (χ3n) is 2.98. The highest BCUT2D eigenvalue weighted by Crippen LogP contribution is 2.20. The molecule has 1 aromatic heterocycles. The molecule has 2 amide bonds. The summed E-state index contributed by atoms with van der Waals surface area (Å²) in [4.78, 5) is 27.3. The summed E-state index contributed by atoms with van der Waals surface area (Å²) in [6, 6.07) is 10.8. The number of amides is 2. The molecule has 0 saturated carbocycles. The predicted molar refractivity (Wildman–Crippen MR) is 77.5 cm³/mol. The van der Waals surface area contributed by atoms with Crippen LogP contribution < -0.4 is 10.6 Å². The minimum absolute atomic E-state index is 0.342. The van der Waals surface area contributed by atoms with Gasteiger partial charge in [-0.15, -0.1) is 0 Å². The number of carbonyl (C=O) groups excluding carboxylic acids is 2. The Balaban J connectivity index is 1.78. The first-order valence-corrected chi connectivity index (χ1v) is 6.78. The summed E-state index contributed by atoms with van der Waals surface area (Å²) in [5, 5.41) is 5.45. The summed E-state index contributed by atoms with van der Waals surface area (Å²) in [5.74, 6) is -0.695. The van der Waals surface area contributed by atoms with Gasteiger partial charge in [0.25, 0.3) is 11.8 Å². The molecule has 3 rings (SSSR count). The lowest BCUT2D eigenvalue weighted by Gasteiger charge is -2.07. The number of hydrogen-bond acceptors (Lipinski definition) is 4. The average Bonchev–Trinajstić information content (AvgIpc) is 2.72. The Bertz CT molecular complexity index is 715. The molecule has 2 N–H and O–H groups in total. The highest BCUT2D eigenvalue weighted by Gasteiger charge is 2.26. The molecule has 0 radical (unpaired) electrons.